The molecule has 12 heteroatoms. The summed E-state index contributed by atoms with van der Waals surface area (Å²) in [6, 6.07) is 16.1. The summed E-state index contributed by atoms with van der Waals surface area (Å²) in [4.78, 5) is 23.7. The minimum Gasteiger partial charge on any atom is -0.497 e. The Balaban J connectivity index is 1.64. The van der Waals surface area contributed by atoms with E-state index in [1.807, 2.05) is 42.1 Å². The fourth-order valence-corrected chi connectivity index (χ4v) is 8.08. The van der Waals surface area contributed by atoms with Gasteiger partial charge in [-0.15, -0.1) is 0 Å². The highest BCUT2D eigenvalue weighted by Crippen LogP contribution is 2.56. The number of sulfonamides is 1. The molecule has 0 N–H and O–H groups in total. The smallest absolute Gasteiger partial charge is 0.271 e. The molecule has 2 unspecified atom stereocenters. The summed E-state index contributed by atoms with van der Waals surface area (Å²) in [7, 11) is 2.59. The normalized spacial score (nSPS) is 20.4. The quantitative estimate of drug-likeness (QED) is 0.244. The van der Waals surface area contributed by atoms with Crippen molar-refractivity contribution in [1.82, 2.24) is 14.8 Å². The first-order valence-corrected chi connectivity index (χ1v) is 16.0. The molecule has 1 amide bonds. The third kappa shape index (κ3) is 4.75. The van der Waals surface area contributed by atoms with Crippen LogP contribution in [0.5, 0.6) is 11.5 Å². The number of anilines is 1. The molecule has 3 aromatic carbocycles. The van der Waals surface area contributed by atoms with E-state index < -0.39 is 27.5 Å². The maximum absolute atomic E-state index is 15.3. The van der Waals surface area contributed by atoms with Gasteiger partial charge in [0.25, 0.3) is 15.9 Å². The van der Waals surface area contributed by atoms with Crippen LogP contribution in [0.4, 0.5) is 5.69 Å². The molecule has 1 saturated heterocycles. The number of fused-ring (bicyclic) bond motifs is 1. The molecular weight excluding hydrogens is 604 g/mol. The first-order chi connectivity index (χ1) is 21.1. The Labute approximate surface area is 261 Å². The SMILES string of the molecule is COc1ccc(S(=O)(=O)N2C(=O)C(c3ccc(CN(C)C)cc3OC)(N3CCCC3c3ncco3)c3cc(Cl)ccc32)cc1. The number of benzene rings is 3. The van der Waals surface area contributed by atoms with Gasteiger partial charge in [-0.1, -0.05) is 23.7 Å². The predicted molar refractivity (Wildman–Crippen MR) is 165 cm³/mol. The van der Waals surface area contributed by atoms with Crippen LogP contribution in [-0.4, -0.2) is 64.0 Å². The fraction of sp³-hybridized carbons (Fsp3) is 0.312. The number of likely N-dealkylation sites (tertiary alicyclic amines) is 1. The van der Waals surface area contributed by atoms with E-state index in [2.05, 4.69) is 4.98 Å². The van der Waals surface area contributed by atoms with Crippen molar-refractivity contribution in [2.24, 2.45) is 0 Å². The molecule has 0 spiro atoms. The Bertz CT molecular complexity index is 1800. The molecule has 1 fully saturated rings. The number of aromatic nitrogens is 1. The van der Waals surface area contributed by atoms with Gasteiger partial charge in [-0.05, 0) is 81.0 Å². The van der Waals surface area contributed by atoms with Gasteiger partial charge < -0.3 is 18.8 Å². The molecule has 0 aliphatic carbocycles. The molecule has 44 heavy (non-hydrogen) atoms. The molecule has 1 aromatic heterocycles. The lowest BCUT2D eigenvalue weighted by Crippen LogP contribution is -2.54. The van der Waals surface area contributed by atoms with Crippen molar-refractivity contribution in [2.75, 3.05) is 39.2 Å². The van der Waals surface area contributed by atoms with Gasteiger partial charge in [-0.25, -0.2) is 17.7 Å². The van der Waals surface area contributed by atoms with Crippen LogP contribution in [0.3, 0.4) is 0 Å². The third-order valence-electron chi connectivity index (χ3n) is 8.23. The highest BCUT2D eigenvalue weighted by atomic mass is 35.5. The van der Waals surface area contributed by atoms with E-state index in [1.54, 1.807) is 43.6 Å². The van der Waals surface area contributed by atoms with E-state index in [4.69, 9.17) is 25.5 Å². The molecule has 2 atom stereocenters. The van der Waals surface area contributed by atoms with Gasteiger partial charge in [-0.2, -0.15) is 0 Å². The standard InChI is InChI=1S/C32H33ClN4O6S/c1-35(2)20-21-7-13-25(29(18-21)42-4)32(36-16-5-6-28(36)30-34-15-17-43-30)26-19-22(33)8-14-27(26)37(31(32)38)44(39,40)24-11-9-23(41-3)10-12-24/h7-15,17-19,28H,5-6,16,20H2,1-4H3. The number of carbonyl (C=O) groups excluding carboxylic acids is 1. The molecule has 4 aromatic rings. The number of methoxy groups -OCH3 is 2. The lowest BCUT2D eigenvalue weighted by molar-refractivity contribution is -0.127. The first kappa shape index (κ1) is 30.1. The summed E-state index contributed by atoms with van der Waals surface area (Å²) in [5.74, 6) is 0.720. The van der Waals surface area contributed by atoms with Gasteiger partial charge in [0.15, 0.2) is 5.54 Å². The summed E-state index contributed by atoms with van der Waals surface area (Å²) >= 11 is 6.62. The number of halogens is 1. The minimum absolute atomic E-state index is 0.0534. The Morgan fingerprint density at radius 2 is 1.82 bits per heavy atom. The maximum Gasteiger partial charge on any atom is 0.271 e. The number of carbonyl (C=O) groups is 1. The summed E-state index contributed by atoms with van der Waals surface area (Å²) < 4.78 is 46.7. The monoisotopic (exact) mass is 636 g/mol. The zero-order valence-electron chi connectivity index (χ0n) is 24.9. The van der Waals surface area contributed by atoms with Crippen LogP contribution in [0.25, 0.3) is 0 Å². The molecule has 3 heterocycles. The lowest BCUT2D eigenvalue weighted by atomic mass is 9.80. The van der Waals surface area contributed by atoms with Gasteiger partial charge in [0.2, 0.25) is 5.89 Å². The first-order valence-electron chi connectivity index (χ1n) is 14.1. The lowest BCUT2D eigenvalue weighted by Gasteiger charge is -2.41. The number of hydrogen-bond donors (Lipinski definition) is 0. The van der Waals surface area contributed by atoms with Gasteiger partial charge in [0.05, 0.1) is 37.0 Å². The summed E-state index contributed by atoms with van der Waals surface area (Å²) in [6.07, 6.45) is 4.44. The van der Waals surface area contributed by atoms with Crippen molar-refractivity contribution >= 4 is 33.2 Å². The second-order valence-corrected chi connectivity index (χ2v) is 13.3. The molecule has 230 valence electrons. The molecule has 0 saturated carbocycles. The van der Waals surface area contributed by atoms with Gasteiger partial charge >= 0.3 is 0 Å². The van der Waals surface area contributed by atoms with Crippen molar-refractivity contribution in [3.8, 4) is 11.5 Å². The van der Waals surface area contributed by atoms with Gasteiger partial charge in [-0.3, -0.25) is 9.69 Å². The van der Waals surface area contributed by atoms with Crippen LogP contribution < -0.4 is 13.8 Å². The zero-order valence-corrected chi connectivity index (χ0v) is 26.4. The van der Waals surface area contributed by atoms with Crippen LogP contribution in [0.2, 0.25) is 5.02 Å². The Morgan fingerprint density at radius 3 is 2.48 bits per heavy atom. The Kier molecular flexibility index (Phi) is 7.91. The van der Waals surface area contributed by atoms with Crippen LogP contribution in [0.1, 0.15) is 41.5 Å². The van der Waals surface area contributed by atoms with Crippen LogP contribution in [-0.2, 0) is 26.9 Å². The number of ether oxygens (including phenoxy) is 2. The van der Waals surface area contributed by atoms with Crippen molar-refractivity contribution in [3.05, 3.63) is 101 Å². The van der Waals surface area contributed by atoms with Crippen molar-refractivity contribution in [1.29, 1.82) is 0 Å². The molecular formula is C32H33ClN4O6S. The van der Waals surface area contributed by atoms with Gasteiger partial charge in [0.1, 0.15) is 17.8 Å². The molecule has 2 aliphatic heterocycles. The number of nitrogens with zero attached hydrogens (tertiary/aromatic N) is 4. The van der Waals surface area contributed by atoms with Crippen LogP contribution >= 0.6 is 11.6 Å². The highest BCUT2D eigenvalue weighted by molar-refractivity contribution is 7.93. The summed E-state index contributed by atoms with van der Waals surface area (Å²) in [6.45, 7) is 1.10. The fourth-order valence-electron chi connectivity index (χ4n) is 6.45. The minimum atomic E-state index is -4.39. The number of amides is 1. The maximum atomic E-state index is 15.3. The topological polar surface area (TPSA) is 105 Å². The number of hydrogen-bond acceptors (Lipinski definition) is 9. The van der Waals surface area contributed by atoms with Crippen molar-refractivity contribution < 1.29 is 27.1 Å². The summed E-state index contributed by atoms with van der Waals surface area (Å²) in [5.41, 5.74) is 0.479. The second-order valence-electron chi connectivity index (χ2n) is 11.1. The van der Waals surface area contributed by atoms with E-state index in [9.17, 15) is 8.42 Å². The number of oxazole rings is 1. The van der Waals surface area contributed by atoms with Crippen molar-refractivity contribution in [2.45, 2.75) is 35.9 Å². The van der Waals surface area contributed by atoms with E-state index >= 15 is 4.79 Å². The predicted octanol–water partition coefficient (Wildman–Crippen LogP) is 5.22. The van der Waals surface area contributed by atoms with E-state index in [1.165, 1.54) is 25.5 Å². The summed E-state index contributed by atoms with van der Waals surface area (Å²) in [5, 5.41) is 0.361. The zero-order chi connectivity index (χ0) is 31.2. The average molecular weight is 637 g/mol. The highest BCUT2D eigenvalue weighted by Gasteiger charge is 2.62. The van der Waals surface area contributed by atoms with Crippen molar-refractivity contribution in [3.63, 3.8) is 0 Å². The second kappa shape index (κ2) is 11.6. The molecule has 2 aliphatic rings. The van der Waals surface area contributed by atoms with Crippen LogP contribution in [0.15, 0.2) is 82.4 Å². The molecule has 6 rings (SSSR count). The Morgan fingerprint density at radius 1 is 1.05 bits per heavy atom. The largest absolute Gasteiger partial charge is 0.497 e. The molecule has 0 bridgehead atoms. The van der Waals surface area contributed by atoms with E-state index in [0.29, 0.717) is 53.0 Å². The van der Waals surface area contributed by atoms with E-state index in [0.717, 1.165) is 16.3 Å². The van der Waals surface area contributed by atoms with E-state index in [-0.39, 0.29) is 10.6 Å². The van der Waals surface area contributed by atoms with Crippen LogP contribution in [0, 0.1) is 0 Å². The average Bonchev–Trinajstić information content (AvgIpc) is 3.76. The third-order valence-corrected chi connectivity index (χ3v) is 10.2. The van der Waals surface area contributed by atoms with Gasteiger partial charge in [0, 0.05) is 29.2 Å². The number of rotatable bonds is 9. The Hall–Kier alpha value is -3.90. The molecule has 10 nitrogen and oxygen atoms in total. The molecule has 0 radical (unpaired) electrons.